The van der Waals surface area contributed by atoms with E-state index in [0.717, 1.165) is 64.8 Å². The van der Waals surface area contributed by atoms with Crippen molar-refractivity contribution in [3.05, 3.63) is 24.3 Å². The van der Waals surface area contributed by atoms with Crippen LogP contribution in [0.15, 0.2) is 24.3 Å². The van der Waals surface area contributed by atoms with Crippen molar-refractivity contribution in [2.75, 3.05) is 57.4 Å². The first kappa shape index (κ1) is 15.3. The lowest BCUT2D eigenvalue weighted by atomic mass is 10.2. The van der Waals surface area contributed by atoms with Gasteiger partial charge in [0.25, 0.3) is 0 Å². The fourth-order valence-corrected chi connectivity index (χ4v) is 4.11. The predicted octanol–water partition coefficient (Wildman–Crippen LogP) is 2.22. The third kappa shape index (κ3) is 3.50. The molecule has 2 fully saturated rings. The van der Waals surface area contributed by atoms with Gasteiger partial charge in [-0.05, 0) is 30.1 Å². The van der Waals surface area contributed by atoms with Crippen LogP contribution in [-0.4, -0.2) is 67.9 Å². The number of anilines is 1. The molecule has 0 aliphatic carbocycles. The van der Waals surface area contributed by atoms with Gasteiger partial charge in [-0.2, -0.15) is 4.37 Å². The molecule has 4 rings (SSSR count). The van der Waals surface area contributed by atoms with Crippen molar-refractivity contribution >= 4 is 27.4 Å². The zero-order chi connectivity index (χ0) is 15.5. The topological polar surface area (TPSA) is 37.8 Å². The van der Waals surface area contributed by atoms with Crippen molar-refractivity contribution in [2.45, 2.75) is 12.5 Å². The standard InChI is InChI=1S/C17H23N3O2S/c1-2-4-16-15(3-1)17(18-23-16)20-9-7-19(8-10-20)6-5-14-13-21-11-12-22-14/h1-4,14H,5-13H2. The zero-order valence-corrected chi connectivity index (χ0v) is 14.1. The molecule has 1 unspecified atom stereocenters. The molecule has 3 heterocycles. The molecule has 0 saturated carbocycles. The van der Waals surface area contributed by atoms with Crippen LogP contribution < -0.4 is 4.90 Å². The van der Waals surface area contributed by atoms with Crippen molar-refractivity contribution in [3.63, 3.8) is 0 Å². The number of hydrogen-bond acceptors (Lipinski definition) is 6. The van der Waals surface area contributed by atoms with E-state index >= 15 is 0 Å². The molecule has 1 atom stereocenters. The van der Waals surface area contributed by atoms with Crippen LogP contribution in [-0.2, 0) is 9.47 Å². The van der Waals surface area contributed by atoms with Gasteiger partial charge in [-0.3, -0.25) is 4.90 Å². The molecule has 2 aliphatic heterocycles. The largest absolute Gasteiger partial charge is 0.376 e. The monoisotopic (exact) mass is 333 g/mol. The smallest absolute Gasteiger partial charge is 0.150 e. The van der Waals surface area contributed by atoms with Crippen molar-refractivity contribution in [3.8, 4) is 0 Å². The van der Waals surface area contributed by atoms with E-state index in [9.17, 15) is 0 Å². The number of rotatable bonds is 4. The molecule has 2 aromatic rings. The summed E-state index contributed by atoms with van der Waals surface area (Å²) in [5.41, 5.74) is 0. The van der Waals surface area contributed by atoms with Gasteiger partial charge in [0.2, 0.25) is 0 Å². The van der Waals surface area contributed by atoms with Crippen LogP contribution in [0.1, 0.15) is 6.42 Å². The quantitative estimate of drug-likeness (QED) is 0.858. The van der Waals surface area contributed by atoms with E-state index in [4.69, 9.17) is 9.47 Å². The van der Waals surface area contributed by atoms with Gasteiger partial charge >= 0.3 is 0 Å². The Bertz CT molecular complexity index is 634. The van der Waals surface area contributed by atoms with Gasteiger partial charge in [-0.1, -0.05) is 12.1 Å². The van der Waals surface area contributed by atoms with Gasteiger partial charge in [-0.15, -0.1) is 0 Å². The van der Waals surface area contributed by atoms with Crippen molar-refractivity contribution in [1.29, 1.82) is 0 Å². The fourth-order valence-electron chi connectivity index (χ4n) is 3.31. The molecule has 23 heavy (non-hydrogen) atoms. The van der Waals surface area contributed by atoms with Crippen molar-refractivity contribution in [2.24, 2.45) is 0 Å². The molecule has 1 aromatic carbocycles. The Morgan fingerprint density at radius 2 is 2.00 bits per heavy atom. The SMILES string of the molecule is c1ccc2c(N3CCN(CCC4COCCO4)CC3)nsc2c1. The Balaban J connectivity index is 1.30. The van der Waals surface area contributed by atoms with E-state index in [1.165, 1.54) is 10.1 Å². The minimum absolute atomic E-state index is 0.282. The third-order valence-electron chi connectivity index (χ3n) is 4.68. The Morgan fingerprint density at radius 3 is 2.83 bits per heavy atom. The summed E-state index contributed by atoms with van der Waals surface area (Å²) < 4.78 is 17.1. The summed E-state index contributed by atoms with van der Waals surface area (Å²) in [6.07, 6.45) is 1.35. The second kappa shape index (κ2) is 7.13. The normalized spacial score (nSPS) is 23.5. The summed E-state index contributed by atoms with van der Waals surface area (Å²) in [4.78, 5) is 4.96. The Kier molecular flexibility index (Phi) is 4.75. The van der Waals surface area contributed by atoms with Crippen LogP contribution in [0.3, 0.4) is 0 Å². The van der Waals surface area contributed by atoms with E-state index in [0.29, 0.717) is 0 Å². The van der Waals surface area contributed by atoms with E-state index in [1.54, 1.807) is 11.5 Å². The van der Waals surface area contributed by atoms with Gasteiger partial charge in [0.1, 0.15) is 5.82 Å². The van der Waals surface area contributed by atoms with Gasteiger partial charge in [-0.25, -0.2) is 0 Å². The molecule has 0 N–H and O–H groups in total. The Hall–Kier alpha value is -1.21. The van der Waals surface area contributed by atoms with E-state index in [2.05, 4.69) is 38.4 Å². The lowest BCUT2D eigenvalue weighted by Crippen LogP contribution is -2.47. The van der Waals surface area contributed by atoms with Gasteiger partial charge in [0, 0.05) is 38.1 Å². The number of aromatic nitrogens is 1. The third-order valence-corrected chi connectivity index (χ3v) is 5.50. The van der Waals surface area contributed by atoms with Crippen molar-refractivity contribution in [1.82, 2.24) is 9.27 Å². The zero-order valence-electron chi connectivity index (χ0n) is 13.3. The fraction of sp³-hybridized carbons (Fsp3) is 0.588. The van der Waals surface area contributed by atoms with Gasteiger partial charge in [0.05, 0.1) is 30.6 Å². The average molecular weight is 333 g/mol. The summed E-state index contributed by atoms with van der Waals surface area (Å²) in [6.45, 7) is 7.64. The molecular formula is C17H23N3O2S. The molecule has 5 nitrogen and oxygen atoms in total. The summed E-state index contributed by atoms with van der Waals surface area (Å²) in [5, 5.41) is 1.29. The number of ether oxygens (including phenoxy) is 2. The van der Waals surface area contributed by atoms with E-state index in [-0.39, 0.29) is 6.10 Å². The molecule has 0 radical (unpaired) electrons. The molecule has 0 bridgehead atoms. The summed E-state index contributed by atoms with van der Waals surface area (Å²) in [5.74, 6) is 1.16. The molecule has 0 spiro atoms. The first-order valence-corrected chi connectivity index (χ1v) is 9.18. The highest BCUT2D eigenvalue weighted by molar-refractivity contribution is 7.13. The molecule has 1 aromatic heterocycles. The minimum atomic E-state index is 0.282. The first-order chi connectivity index (χ1) is 11.4. The molecule has 2 aliphatic rings. The number of benzene rings is 1. The first-order valence-electron chi connectivity index (χ1n) is 8.41. The van der Waals surface area contributed by atoms with E-state index in [1.807, 2.05) is 0 Å². The number of nitrogens with zero attached hydrogens (tertiary/aromatic N) is 3. The summed E-state index contributed by atoms with van der Waals surface area (Å²) in [6, 6.07) is 8.52. The van der Waals surface area contributed by atoms with Crippen LogP contribution >= 0.6 is 11.5 Å². The molecular weight excluding hydrogens is 310 g/mol. The molecule has 2 saturated heterocycles. The maximum Gasteiger partial charge on any atom is 0.150 e. The van der Waals surface area contributed by atoms with Crippen molar-refractivity contribution < 1.29 is 9.47 Å². The highest BCUT2D eigenvalue weighted by Crippen LogP contribution is 2.29. The second-order valence-electron chi connectivity index (χ2n) is 6.19. The Morgan fingerprint density at radius 1 is 1.13 bits per heavy atom. The minimum Gasteiger partial charge on any atom is -0.376 e. The maximum atomic E-state index is 5.73. The van der Waals surface area contributed by atoms with Crippen LogP contribution in [0.25, 0.3) is 10.1 Å². The predicted molar refractivity (Wildman–Crippen MR) is 93.4 cm³/mol. The molecule has 6 heteroatoms. The second-order valence-corrected chi connectivity index (χ2v) is 6.99. The maximum absolute atomic E-state index is 5.73. The van der Waals surface area contributed by atoms with E-state index < -0.39 is 0 Å². The molecule has 0 amide bonds. The van der Waals surface area contributed by atoms with Crippen LogP contribution in [0.4, 0.5) is 5.82 Å². The van der Waals surface area contributed by atoms with Gasteiger partial charge in [0.15, 0.2) is 0 Å². The number of hydrogen-bond donors (Lipinski definition) is 0. The summed E-state index contributed by atoms with van der Waals surface area (Å²) in [7, 11) is 0. The van der Waals surface area contributed by atoms with Crippen LogP contribution in [0, 0.1) is 0 Å². The average Bonchev–Trinajstić information content (AvgIpc) is 3.05. The number of piperazine rings is 1. The van der Waals surface area contributed by atoms with Gasteiger partial charge < -0.3 is 14.4 Å². The highest BCUT2D eigenvalue weighted by Gasteiger charge is 2.22. The highest BCUT2D eigenvalue weighted by atomic mass is 32.1. The van der Waals surface area contributed by atoms with Crippen LogP contribution in [0.2, 0.25) is 0 Å². The lowest BCUT2D eigenvalue weighted by Gasteiger charge is -2.36. The molecule has 124 valence electrons. The number of fused-ring (bicyclic) bond motifs is 1. The summed E-state index contributed by atoms with van der Waals surface area (Å²) >= 11 is 1.60. The lowest BCUT2D eigenvalue weighted by molar-refractivity contribution is -0.0927. The Labute approximate surface area is 140 Å². The van der Waals surface area contributed by atoms with Crippen LogP contribution in [0.5, 0.6) is 0 Å².